The van der Waals surface area contributed by atoms with Crippen LogP contribution in [0.3, 0.4) is 0 Å². The summed E-state index contributed by atoms with van der Waals surface area (Å²) in [7, 11) is 4.21. The van der Waals surface area contributed by atoms with E-state index < -0.39 is 0 Å². The number of furan rings is 1. The molecule has 0 unspecified atom stereocenters. The molecule has 0 radical (unpaired) electrons. The zero-order valence-corrected chi connectivity index (χ0v) is 14.4. The van der Waals surface area contributed by atoms with Crippen LogP contribution in [0.25, 0.3) is 0 Å². The average Bonchev–Trinajstić information content (AvgIpc) is 3.03. The van der Waals surface area contributed by atoms with Gasteiger partial charge < -0.3 is 14.2 Å². The highest BCUT2D eigenvalue weighted by Crippen LogP contribution is 2.29. The smallest absolute Gasteiger partial charge is 0.136 e. The molecule has 1 aliphatic carbocycles. The monoisotopic (exact) mass is 314 g/mol. The summed E-state index contributed by atoms with van der Waals surface area (Å²) in [5.74, 6) is 2.95. The largest absolute Gasteiger partial charge is 0.467 e. The van der Waals surface area contributed by atoms with Crippen LogP contribution in [0.4, 0.5) is 5.82 Å². The molecule has 2 aromatic heterocycles. The minimum Gasteiger partial charge on any atom is -0.467 e. The summed E-state index contributed by atoms with van der Waals surface area (Å²) in [4.78, 5) is 14.0. The van der Waals surface area contributed by atoms with Crippen LogP contribution in [-0.4, -0.2) is 42.1 Å². The van der Waals surface area contributed by atoms with Crippen LogP contribution in [0, 0.1) is 6.92 Å². The molecular formula is C18H26N4O. The Hall–Kier alpha value is -1.88. The Morgan fingerprint density at radius 1 is 1.13 bits per heavy atom. The number of hydrogen-bond donors (Lipinski definition) is 0. The Morgan fingerprint density at radius 2 is 1.96 bits per heavy atom. The van der Waals surface area contributed by atoms with Crippen molar-refractivity contribution in [1.29, 1.82) is 0 Å². The number of anilines is 1. The fourth-order valence-electron chi connectivity index (χ4n) is 3.13. The highest BCUT2D eigenvalue weighted by atomic mass is 16.3. The SMILES string of the molecule is Cc1nc2c(c(N(CCN(C)C)Cc3ccco3)n1)CCCC2. The van der Waals surface area contributed by atoms with Gasteiger partial charge in [-0.3, -0.25) is 0 Å². The number of likely N-dealkylation sites (N-methyl/N-ethyl adjacent to an activating group) is 1. The first-order valence-corrected chi connectivity index (χ1v) is 8.42. The first-order chi connectivity index (χ1) is 11.1. The van der Waals surface area contributed by atoms with Crippen molar-refractivity contribution >= 4 is 5.82 Å². The fourth-order valence-corrected chi connectivity index (χ4v) is 3.13. The molecule has 2 heterocycles. The molecule has 5 heteroatoms. The molecule has 23 heavy (non-hydrogen) atoms. The molecule has 0 N–H and O–H groups in total. The molecule has 2 aromatic rings. The van der Waals surface area contributed by atoms with Crippen LogP contribution in [0.5, 0.6) is 0 Å². The quantitative estimate of drug-likeness (QED) is 0.820. The van der Waals surface area contributed by atoms with Gasteiger partial charge in [-0.2, -0.15) is 0 Å². The van der Waals surface area contributed by atoms with Gasteiger partial charge >= 0.3 is 0 Å². The predicted octanol–water partition coefficient (Wildman–Crippen LogP) is 2.83. The minimum absolute atomic E-state index is 0.754. The molecular weight excluding hydrogens is 288 g/mol. The summed E-state index contributed by atoms with van der Waals surface area (Å²) >= 11 is 0. The molecule has 3 rings (SSSR count). The van der Waals surface area contributed by atoms with Crippen molar-refractivity contribution in [2.45, 2.75) is 39.2 Å². The normalized spacial score (nSPS) is 14.1. The van der Waals surface area contributed by atoms with Gasteiger partial charge in [0.15, 0.2) is 0 Å². The van der Waals surface area contributed by atoms with Crippen molar-refractivity contribution in [3.05, 3.63) is 41.2 Å². The van der Waals surface area contributed by atoms with E-state index in [4.69, 9.17) is 9.40 Å². The van der Waals surface area contributed by atoms with Crippen molar-refractivity contribution in [3.8, 4) is 0 Å². The van der Waals surface area contributed by atoms with Crippen molar-refractivity contribution in [3.63, 3.8) is 0 Å². The molecule has 0 spiro atoms. The van der Waals surface area contributed by atoms with Gasteiger partial charge in [-0.1, -0.05) is 0 Å². The van der Waals surface area contributed by atoms with Crippen LogP contribution in [0.1, 0.15) is 35.7 Å². The van der Waals surface area contributed by atoms with Crippen LogP contribution < -0.4 is 4.90 Å². The summed E-state index contributed by atoms with van der Waals surface area (Å²) in [5.41, 5.74) is 2.58. The average molecular weight is 314 g/mol. The minimum atomic E-state index is 0.754. The van der Waals surface area contributed by atoms with Crippen LogP contribution in [-0.2, 0) is 19.4 Å². The van der Waals surface area contributed by atoms with Gasteiger partial charge in [0.25, 0.3) is 0 Å². The van der Waals surface area contributed by atoms with Gasteiger partial charge in [-0.05, 0) is 58.8 Å². The second kappa shape index (κ2) is 7.13. The molecule has 0 aromatic carbocycles. The van der Waals surface area contributed by atoms with Gasteiger partial charge in [0.2, 0.25) is 0 Å². The van der Waals surface area contributed by atoms with Gasteiger partial charge in [-0.15, -0.1) is 0 Å². The molecule has 0 atom stereocenters. The first kappa shape index (κ1) is 16.0. The van der Waals surface area contributed by atoms with E-state index in [0.717, 1.165) is 49.9 Å². The highest BCUT2D eigenvalue weighted by Gasteiger charge is 2.21. The summed E-state index contributed by atoms with van der Waals surface area (Å²) in [5, 5.41) is 0. The summed E-state index contributed by atoms with van der Waals surface area (Å²) < 4.78 is 5.57. The van der Waals surface area contributed by atoms with Crippen molar-refractivity contribution in [2.75, 3.05) is 32.1 Å². The third kappa shape index (κ3) is 3.91. The second-order valence-corrected chi connectivity index (χ2v) is 6.53. The Kier molecular flexibility index (Phi) is 4.96. The number of aromatic nitrogens is 2. The van der Waals surface area contributed by atoms with E-state index in [1.807, 2.05) is 19.1 Å². The molecule has 0 bridgehead atoms. The van der Waals surface area contributed by atoms with E-state index in [2.05, 4.69) is 28.9 Å². The maximum absolute atomic E-state index is 5.57. The third-order valence-electron chi connectivity index (χ3n) is 4.32. The Balaban J connectivity index is 1.93. The van der Waals surface area contributed by atoms with E-state index in [1.54, 1.807) is 6.26 Å². The molecule has 5 nitrogen and oxygen atoms in total. The lowest BCUT2D eigenvalue weighted by atomic mass is 9.96. The molecule has 1 aliphatic rings. The van der Waals surface area contributed by atoms with E-state index in [-0.39, 0.29) is 0 Å². The first-order valence-electron chi connectivity index (χ1n) is 8.42. The standard InChI is InChI=1S/C18H26N4O/c1-14-19-17-9-5-4-8-16(17)18(20-14)22(11-10-21(2)3)13-15-7-6-12-23-15/h6-7,12H,4-5,8-11,13H2,1-3H3. The van der Waals surface area contributed by atoms with Crippen molar-refractivity contribution in [1.82, 2.24) is 14.9 Å². The maximum Gasteiger partial charge on any atom is 0.136 e. The van der Waals surface area contributed by atoms with E-state index in [9.17, 15) is 0 Å². The van der Waals surface area contributed by atoms with E-state index in [0.29, 0.717) is 0 Å². The number of nitrogens with zero attached hydrogens (tertiary/aromatic N) is 4. The number of rotatable bonds is 6. The van der Waals surface area contributed by atoms with Gasteiger partial charge in [0, 0.05) is 24.3 Å². The molecule has 0 amide bonds. The Morgan fingerprint density at radius 3 is 2.70 bits per heavy atom. The number of hydrogen-bond acceptors (Lipinski definition) is 5. The topological polar surface area (TPSA) is 45.4 Å². The number of aryl methyl sites for hydroxylation is 2. The van der Waals surface area contributed by atoms with Gasteiger partial charge in [0.1, 0.15) is 17.4 Å². The van der Waals surface area contributed by atoms with Crippen LogP contribution in [0.2, 0.25) is 0 Å². The lowest BCUT2D eigenvalue weighted by molar-refractivity contribution is 0.406. The highest BCUT2D eigenvalue weighted by molar-refractivity contribution is 5.50. The zero-order chi connectivity index (χ0) is 16.2. The molecule has 0 fully saturated rings. The molecule has 0 aliphatic heterocycles. The molecule has 0 saturated carbocycles. The second-order valence-electron chi connectivity index (χ2n) is 6.53. The maximum atomic E-state index is 5.57. The molecule has 124 valence electrons. The lowest BCUT2D eigenvalue weighted by Crippen LogP contribution is -2.33. The fraction of sp³-hybridized carbons (Fsp3) is 0.556. The van der Waals surface area contributed by atoms with Crippen LogP contribution >= 0.6 is 0 Å². The van der Waals surface area contributed by atoms with Gasteiger partial charge in [0.05, 0.1) is 12.8 Å². The van der Waals surface area contributed by atoms with E-state index in [1.165, 1.54) is 24.1 Å². The number of fused-ring (bicyclic) bond motifs is 1. The van der Waals surface area contributed by atoms with Crippen molar-refractivity contribution in [2.24, 2.45) is 0 Å². The van der Waals surface area contributed by atoms with E-state index >= 15 is 0 Å². The summed E-state index contributed by atoms with van der Waals surface area (Å²) in [6, 6.07) is 3.98. The molecule has 0 saturated heterocycles. The predicted molar refractivity (Wildman–Crippen MR) is 91.7 cm³/mol. The third-order valence-corrected chi connectivity index (χ3v) is 4.32. The lowest BCUT2D eigenvalue weighted by Gasteiger charge is -2.29. The summed E-state index contributed by atoms with van der Waals surface area (Å²) in [6.07, 6.45) is 6.36. The zero-order valence-electron chi connectivity index (χ0n) is 14.4. The Bertz CT molecular complexity index is 637. The van der Waals surface area contributed by atoms with Crippen molar-refractivity contribution < 1.29 is 4.42 Å². The summed E-state index contributed by atoms with van der Waals surface area (Å²) in [6.45, 7) is 4.66. The van der Waals surface area contributed by atoms with Gasteiger partial charge in [-0.25, -0.2) is 9.97 Å². The van der Waals surface area contributed by atoms with Crippen LogP contribution in [0.15, 0.2) is 22.8 Å². The Labute approximate surface area is 138 Å².